The van der Waals surface area contributed by atoms with Crippen molar-refractivity contribution in [2.24, 2.45) is 5.41 Å². The van der Waals surface area contributed by atoms with Crippen LogP contribution >= 0.6 is 0 Å². The molecule has 0 bridgehead atoms. The van der Waals surface area contributed by atoms with Gasteiger partial charge in [-0.25, -0.2) is 4.31 Å². The van der Waals surface area contributed by atoms with Crippen molar-refractivity contribution in [2.45, 2.75) is 66.2 Å². The summed E-state index contributed by atoms with van der Waals surface area (Å²) in [4.78, 5) is 0. The first-order valence-corrected chi connectivity index (χ1v) is 9.15. The number of aliphatic hydroxyl groups is 1. The second-order valence-electron chi connectivity index (χ2n) is 7.64. The molecule has 0 aliphatic carbocycles. The molecule has 0 radical (unpaired) electrons. The first-order chi connectivity index (χ1) is 8.69. The number of aliphatic hydroxyl groups excluding tert-OH is 1. The Kier molecular flexibility index (Phi) is 6.74. The monoisotopic (exact) mass is 307 g/mol. The van der Waals surface area contributed by atoms with Gasteiger partial charge in [0.15, 0.2) is 0 Å². The number of ether oxygens (including phenoxy) is 1. The van der Waals surface area contributed by atoms with Crippen LogP contribution in [-0.4, -0.2) is 56.6 Å². The Labute approximate surface area is 125 Å². The van der Waals surface area contributed by atoms with Crippen LogP contribution in [0.1, 0.15) is 48.5 Å². The molecule has 0 rings (SSSR count). The molecule has 20 heavy (non-hydrogen) atoms. The average molecular weight is 308 g/mol. The molecule has 3 unspecified atom stereocenters. The summed E-state index contributed by atoms with van der Waals surface area (Å²) in [6.45, 7) is 14.6. The van der Waals surface area contributed by atoms with Crippen LogP contribution in [0.5, 0.6) is 0 Å². The van der Waals surface area contributed by atoms with E-state index in [1.165, 1.54) is 0 Å². The van der Waals surface area contributed by atoms with E-state index in [4.69, 9.17) is 4.74 Å². The van der Waals surface area contributed by atoms with Gasteiger partial charge in [-0.1, -0.05) is 20.8 Å². The normalized spacial score (nSPS) is 19.7. The van der Waals surface area contributed by atoms with Gasteiger partial charge in [0.25, 0.3) is 0 Å². The molecule has 3 atom stereocenters. The van der Waals surface area contributed by atoms with E-state index in [9.17, 15) is 9.32 Å². The summed E-state index contributed by atoms with van der Waals surface area (Å²) < 4.78 is 20.1. The maximum atomic E-state index is 12.3. The minimum absolute atomic E-state index is 0.000748. The maximum absolute atomic E-state index is 12.3. The van der Waals surface area contributed by atoms with Crippen molar-refractivity contribution in [3.63, 3.8) is 0 Å². The largest absolute Gasteiger partial charge is 0.394 e. The molecule has 4 nitrogen and oxygen atoms in total. The molecule has 0 aliphatic rings. The van der Waals surface area contributed by atoms with Crippen molar-refractivity contribution in [3.05, 3.63) is 0 Å². The molecule has 5 heteroatoms. The first kappa shape index (κ1) is 19.9. The second kappa shape index (κ2) is 6.77. The molecule has 1 N–H and O–H groups in total. The fraction of sp³-hybridized carbons (Fsp3) is 0.933. The van der Waals surface area contributed by atoms with Crippen LogP contribution in [0.4, 0.5) is 0 Å². The molecule has 0 heterocycles. The Morgan fingerprint density at radius 3 is 1.95 bits per heavy atom. The van der Waals surface area contributed by atoms with Crippen LogP contribution in [-0.2, 0) is 14.4 Å². The van der Waals surface area contributed by atoms with E-state index < -0.39 is 9.71 Å². The SMILES string of the molecule is C=S(C)(=O)N(CC(CO)OC(C)C(C)(C)C)C(C)(C)C. The number of nitrogens with zero attached hydrogens (tertiary/aromatic N) is 1. The van der Waals surface area contributed by atoms with Crippen molar-refractivity contribution < 1.29 is 14.1 Å². The maximum Gasteiger partial charge on any atom is 0.0946 e. The average Bonchev–Trinajstić information content (AvgIpc) is 2.18. The molecule has 0 saturated carbocycles. The highest BCUT2D eigenvalue weighted by atomic mass is 32.2. The van der Waals surface area contributed by atoms with E-state index >= 15 is 0 Å². The van der Waals surface area contributed by atoms with Gasteiger partial charge in [-0.15, -0.1) is 0 Å². The summed E-state index contributed by atoms with van der Waals surface area (Å²) in [7, 11) is -2.36. The van der Waals surface area contributed by atoms with E-state index in [1.807, 2.05) is 32.0 Å². The first-order valence-electron chi connectivity index (χ1n) is 7.06. The van der Waals surface area contributed by atoms with Gasteiger partial charge < -0.3 is 9.84 Å². The second-order valence-corrected chi connectivity index (χ2v) is 10.00. The lowest BCUT2D eigenvalue weighted by molar-refractivity contribution is -0.0827. The van der Waals surface area contributed by atoms with E-state index in [0.717, 1.165) is 0 Å². The molecule has 0 aromatic rings. The minimum Gasteiger partial charge on any atom is -0.394 e. The van der Waals surface area contributed by atoms with Gasteiger partial charge in [-0.2, -0.15) is 0 Å². The Morgan fingerprint density at radius 1 is 1.25 bits per heavy atom. The fourth-order valence-corrected chi connectivity index (χ4v) is 3.47. The molecule has 0 amide bonds. The quantitative estimate of drug-likeness (QED) is 0.765. The molecule has 0 saturated heterocycles. The summed E-state index contributed by atoms with van der Waals surface area (Å²) in [6, 6.07) is 0. The van der Waals surface area contributed by atoms with E-state index in [-0.39, 0.29) is 29.8 Å². The van der Waals surface area contributed by atoms with Crippen LogP contribution in [0.15, 0.2) is 0 Å². The van der Waals surface area contributed by atoms with E-state index in [1.54, 1.807) is 6.26 Å². The number of hydrogen-bond acceptors (Lipinski definition) is 3. The third-order valence-corrected chi connectivity index (χ3v) is 5.03. The lowest BCUT2D eigenvalue weighted by Gasteiger charge is -2.39. The van der Waals surface area contributed by atoms with E-state index in [0.29, 0.717) is 6.54 Å². The predicted octanol–water partition coefficient (Wildman–Crippen LogP) is 2.16. The van der Waals surface area contributed by atoms with Crippen molar-refractivity contribution >= 4 is 15.6 Å². The Morgan fingerprint density at radius 2 is 1.70 bits per heavy atom. The standard InChI is InChI=1S/C15H33NO3S/c1-12(14(2,3)4)19-13(11-17)10-16(15(5,6)7)20(8,9)18/h12-13,17H,8,10-11H2,1-7,9H3. The van der Waals surface area contributed by atoms with Gasteiger partial charge in [0.05, 0.1) is 18.8 Å². The molecule has 0 fully saturated rings. The van der Waals surface area contributed by atoms with E-state index in [2.05, 4.69) is 26.6 Å². The van der Waals surface area contributed by atoms with Gasteiger partial charge in [0, 0.05) is 28.0 Å². The van der Waals surface area contributed by atoms with Crippen molar-refractivity contribution in [1.82, 2.24) is 4.31 Å². The summed E-state index contributed by atoms with van der Waals surface area (Å²) >= 11 is 0. The minimum atomic E-state index is -2.36. The van der Waals surface area contributed by atoms with Gasteiger partial charge in [-0.05, 0) is 39.0 Å². The van der Waals surface area contributed by atoms with Gasteiger partial charge in [0.1, 0.15) is 0 Å². The fourth-order valence-electron chi connectivity index (χ4n) is 1.83. The zero-order chi connectivity index (χ0) is 16.4. The van der Waals surface area contributed by atoms with Crippen molar-refractivity contribution in [3.8, 4) is 0 Å². The summed E-state index contributed by atoms with van der Waals surface area (Å²) in [5.41, 5.74) is -0.298. The highest BCUT2D eigenvalue weighted by molar-refractivity contribution is 7.97. The van der Waals surface area contributed by atoms with Crippen LogP contribution in [0.2, 0.25) is 0 Å². The summed E-state index contributed by atoms with van der Waals surface area (Å²) in [5.74, 6) is 3.77. The van der Waals surface area contributed by atoms with Crippen molar-refractivity contribution in [2.75, 3.05) is 19.4 Å². The highest BCUT2D eigenvalue weighted by Crippen LogP contribution is 2.24. The van der Waals surface area contributed by atoms with Crippen molar-refractivity contribution in [1.29, 1.82) is 0 Å². The highest BCUT2D eigenvalue weighted by Gasteiger charge is 2.31. The van der Waals surface area contributed by atoms with Gasteiger partial charge >= 0.3 is 0 Å². The van der Waals surface area contributed by atoms with Crippen LogP contribution in [0.25, 0.3) is 0 Å². The van der Waals surface area contributed by atoms with Gasteiger partial charge in [-0.3, -0.25) is 4.21 Å². The Balaban J connectivity index is 5.02. The topological polar surface area (TPSA) is 49.8 Å². The molecular weight excluding hydrogens is 274 g/mol. The Bertz CT molecular complexity index is 390. The van der Waals surface area contributed by atoms with Crippen LogP contribution in [0, 0.1) is 5.41 Å². The van der Waals surface area contributed by atoms with Crippen LogP contribution < -0.4 is 0 Å². The lowest BCUT2D eigenvalue weighted by Crippen LogP contribution is -2.50. The third-order valence-electron chi connectivity index (χ3n) is 3.40. The zero-order valence-electron chi connectivity index (χ0n) is 14.4. The molecule has 0 aliphatic heterocycles. The summed E-state index contributed by atoms with van der Waals surface area (Å²) in [5, 5.41) is 9.56. The Hall–Kier alpha value is -0.100. The predicted molar refractivity (Wildman–Crippen MR) is 88.5 cm³/mol. The third kappa shape index (κ3) is 6.57. The van der Waals surface area contributed by atoms with Gasteiger partial charge in [0.2, 0.25) is 0 Å². The number of rotatable bonds is 6. The van der Waals surface area contributed by atoms with Crippen LogP contribution in [0.3, 0.4) is 0 Å². The summed E-state index contributed by atoms with van der Waals surface area (Å²) in [6.07, 6.45) is 1.25. The molecular formula is C15H33NO3S. The smallest absolute Gasteiger partial charge is 0.0946 e. The molecule has 0 spiro atoms. The number of hydrogen-bond donors (Lipinski definition) is 1. The zero-order valence-corrected chi connectivity index (χ0v) is 15.2. The lowest BCUT2D eigenvalue weighted by atomic mass is 9.90. The molecule has 0 aromatic heterocycles. The molecule has 0 aromatic carbocycles. The molecule has 122 valence electrons.